The summed E-state index contributed by atoms with van der Waals surface area (Å²) in [6, 6.07) is 7.32. The summed E-state index contributed by atoms with van der Waals surface area (Å²) in [6.45, 7) is 3.94. The van der Waals surface area contributed by atoms with E-state index in [-0.39, 0.29) is 6.04 Å². The molecule has 2 N–H and O–H groups in total. The summed E-state index contributed by atoms with van der Waals surface area (Å²) in [4.78, 5) is 5.43. The molecule has 0 saturated carbocycles. The minimum atomic E-state index is -0.297. The first-order chi connectivity index (χ1) is 9.06. The van der Waals surface area contributed by atoms with Crippen molar-refractivity contribution >= 4 is 33.9 Å². The van der Waals surface area contributed by atoms with E-state index in [0.29, 0.717) is 10.6 Å². The molecule has 19 heavy (non-hydrogen) atoms. The first-order valence-corrected chi connectivity index (χ1v) is 7.13. The average Bonchev–Trinajstić information content (AvgIpc) is 2.93. The second-order valence-corrected chi connectivity index (χ2v) is 6.11. The number of benzene rings is 1. The van der Waals surface area contributed by atoms with Crippen LogP contribution in [-0.2, 0) is 0 Å². The van der Waals surface area contributed by atoms with Crippen molar-refractivity contribution in [1.29, 1.82) is 0 Å². The minimum Gasteiger partial charge on any atom is -0.457 e. The summed E-state index contributed by atoms with van der Waals surface area (Å²) < 4.78 is 5.80. The predicted molar refractivity (Wildman–Crippen MR) is 78.8 cm³/mol. The summed E-state index contributed by atoms with van der Waals surface area (Å²) in [5.74, 6) is 0.717. The number of hydrogen-bond acceptors (Lipinski definition) is 4. The number of hydrogen-bond donors (Lipinski definition) is 1. The van der Waals surface area contributed by atoms with Gasteiger partial charge in [0.25, 0.3) is 0 Å². The van der Waals surface area contributed by atoms with E-state index in [1.807, 2.05) is 38.1 Å². The van der Waals surface area contributed by atoms with Crippen molar-refractivity contribution in [3.63, 3.8) is 0 Å². The van der Waals surface area contributed by atoms with E-state index in [2.05, 4.69) is 4.98 Å². The first-order valence-electron chi connectivity index (χ1n) is 5.93. The van der Waals surface area contributed by atoms with Crippen LogP contribution < -0.4 is 5.73 Å². The Kier molecular flexibility index (Phi) is 3.09. The molecule has 3 rings (SSSR count). The molecule has 0 radical (unpaired) electrons. The maximum absolute atomic E-state index is 6.28. The fourth-order valence-electron chi connectivity index (χ4n) is 2.17. The average molecular weight is 293 g/mol. The van der Waals surface area contributed by atoms with Gasteiger partial charge in [-0.15, -0.1) is 11.3 Å². The van der Waals surface area contributed by atoms with E-state index in [4.69, 9.17) is 21.8 Å². The second-order valence-electron chi connectivity index (χ2n) is 4.47. The van der Waals surface area contributed by atoms with Crippen LogP contribution in [0.25, 0.3) is 11.0 Å². The van der Waals surface area contributed by atoms with Gasteiger partial charge in [-0.2, -0.15) is 0 Å². The Morgan fingerprint density at radius 3 is 2.79 bits per heavy atom. The van der Waals surface area contributed by atoms with Crippen LogP contribution in [-0.4, -0.2) is 4.98 Å². The number of aromatic nitrogens is 1. The molecule has 2 heterocycles. The molecule has 0 aliphatic carbocycles. The van der Waals surface area contributed by atoms with Crippen molar-refractivity contribution in [1.82, 2.24) is 4.98 Å². The van der Waals surface area contributed by atoms with Crippen molar-refractivity contribution in [2.45, 2.75) is 19.9 Å². The molecule has 1 unspecified atom stereocenters. The van der Waals surface area contributed by atoms with Gasteiger partial charge in [0.15, 0.2) is 5.58 Å². The van der Waals surface area contributed by atoms with E-state index in [1.54, 1.807) is 11.3 Å². The Morgan fingerprint density at radius 2 is 2.16 bits per heavy atom. The molecular weight excluding hydrogens is 280 g/mol. The molecule has 3 nitrogen and oxygen atoms in total. The highest BCUT2D eigenvalue weighted by Crippen LogP contribution is 2.33. The standard InChI is InChI=1S/C14H13ClN2OS/c1-7-14(19-8(2)17-7)12(16)11-6-9-4-3-5-10(15)13(9)18-11/h3-6,12H,16H2,1-2H3. The lowest BCUT2D eigenvalue weighted by Crippen LogP contribution is -2.10. The molecule has 0 spiro atoms. The highest BCUT2D eigenvalue weighted by Gasteiger charge is 2.19. The van der Waals surface area contributed by atoms with Gasteiger partial charge in [-0.05, 0) is 26.0 Å². The molecule has 0 bridgehead atoms. The Balaban J connectivity index is 2.09. The topological polar surface area (TPSA) is 52.0 Å². The first kappa shape index (κ1) is 12.7. The maximum Gasteiger partial charge on any atom is 0.152 e. The van der Waals surface area contributed by atoms with Crippen molar-refractivity contribution in [2.75, 3.05) is 0 Å². The van der Waals surface area contributed by atoms with Crippen LogP contribution >= 0.6 is 22.9 Å². The zero-order valence-electron chi connectivity index (χ0n) is 10.6. The third-order valence-corrected chi connectivity index (χ3v) is 4.50. The lowest BCUT2D eigenvalue weighted by molar-refractivity contribution is 0.527. The molecule has 5 heteroatoms. The van der Waals surface area contributed by atoms with Gasteiger partial charge >= 0.3 is 0 Å². The summed E-state index contributed by atoms with van der Waals surface area (Å²) in [6.07, 6.45) is 0. The van der Waals surface area contributed by atoms with E-state index in [1.165, 1.54) is 0 Å². The summed E-state index contributed by atoms with van der Waals surface area (Å²) in [5.41, 5.74) is 7.93. The number of para-hydroxylation sites is 1. The monoisotopic (exact) mass is 292 g/mol. The molecule has 3 aromatic rings. The fraction of sp³-hybridized carbons (Fsp3) is 0.214. The highest BCUT2D eigenvalue weighted by atomic mass is 35.5. The molecule has 2 aromatic heterocycles. The van der Waals surface area contributed by atoms with Crippen molar-refractivity contribution in [3.8, 4) is 0 Å². The Labute approximate surface area is 120 Å². The zero-order chi connectivity index (χ0) is 13.6. The van der Waals surface area contributed by atoms with Crippen LogP contribution in [0.2, 0.25) is 5.02 Å². The number of nitrogens with two attached hydrogens (primary N) is 1. The van der Waals surface area contributed by atoms with Crippen molar-refractivity contribution < 1.29 is 4.42 Å². The summed E-state index contributed by atoms with van der Waals surface area (Å²) in [5, 5.41) is 2.59. The normalized spacial score (nSPS) is 13.1. The number of halogens is 1. The molecule has 0 fully saturated rings. The van der Waals surface area contributed by atoms with Gasteiger partial charge in [-0.1, -0.05) is 23.7 Å². The number of furan rings is 1. The molecule has 0 aliphatic rings. The van der Waals surface area contributed by atoms with Gasteiger partial charge in [-0.25, -0.2) is 4.98 Å². The van der Waals surface area contributed by atoms with E-state index >= 15 is 0 Å². The van der Waals surface area contributed by atoms with Gasteiger partial charge in [-0.3, -0.25) is 0 Å². The summed E-state index contributed by atoms with van der Waals surface area (Å²) in [7, 11) is 0. The quantitative estimate of drug-likeness (QED) is 0.770. The second kappa shape index (κ2) is 4.63. The minimum absolute atomic E-state index is 0.297. The number of rotatable bonds is 2. The number of aryl methyl sites for hydroxylation is 2. The van der Waals surface area contributed by atoms with Crippen LogP contribution in [0.15, 0.2) is 28.7 Å². The SMILES string of the molecule is Cc1nc(C)c(C(N)c2cc3cccc(Cl)c3o2)s1. The van der Waals surface area contributed by atoms with Crippen LogP contribution in [0.3, 0.4) is 0 Å². The third kappa shape index (κ3) is 2.16. The third-order valence-electron chi connectivity index (χ3n) is 3.04. The van der Waals surface area contributed by atoms with Gasteiger partial charge in [0.1, 0.15) is 5.76 Å². The molecule has 0 saturated heterocycles. The largest absolute Gasteiger partial charge is 0.457 e. The number of nitrogens with zero attached hydrogens (tertiary/aromatic N) is 1. The van der Waals surface area contributed by atoms with Crippen LogP contribution in [0, 0.1) is 13.8 Å². The molecule has 0 amide bonds. The Hall–Kier alpha value is -1.36. The lowest BCUT2D eigenvalue weighted by atomic mass is 10.1. The number of thiazole rings is 1. The molecule has 1 aromatic carbocycles. The molecule has 1 atom stereocenters. The van der Waals surface area contributed by atoms with E-state index < -0.39 is 0 Å². The van der Waals surface area contributed by atoms with Gasteiger partial charge in [0, 0.05) is 5.39 Å². The molecule has 98 valence electrons. The van der Waals surface area contributed by atoms with E-state index in [0.717, 1.165) is 26.7 Å². The Bertz CT molecular complexity index is 747. The number of fused-ring (bicyclic) bond motifs is 1. The lowest BCUT2D eigenvalue weighted by Gasteiger charge is -2.06. The predicted octanol–water partition coefficient (Wildman–Crippen LogP) is 4.21. The van der Waals surface area contributed by atoms with E-state index in [9.17, 15) is 0 Å². The van der Waals surface area contributed by atoms with Crippen molar-refractivity contribution in [2.24, 2.45) is 5.73 Å². The summed E-state index contributed by atoms with van der Waals surface area (Å²) >= 11 is 7.71. The zero-order valence-corrected chi connectivity index (χ0v) is 12.2. The molecule has 0 aliphatic heterocycles. The fourth-order valence-corrected chi connectivity index (χ4v) is 3.32. The van der Waals surface area contributed by atoms with Crippen LogP contribution in [0.5, 0.6) is 0 Å². The van der Waals surface area contributed by atoms with Crippen LogP contribution in [0.1, 0.15) is 27.4 Å². The smallest absolute Gasteiger partial charge is 0.152 e. The van der Waals surface area contributed by atoms with Gasteiger partial charge < -0.3 is 10.2 Å². The maximum atomic E-state index is 6.28. The Morgan fingerprint density at radius 1 is 1.37 bits per heavy atom. The molecular formula is C14H13ClN2OS. The highest BCUT2D eigenvalue weighted by molar-refractivity contribution is 7.11. The van der Waals surface area contributed by atoms with Crippen LogP contribution in [0.4, 0.5) is 0 Å². The van der Waals surface area contributed by atoms with Gasteiger partial charge in [0.2, 0.25) is 0 Å². The van der Waals surface area contributed by atoms with Crippen molar-refractivity contribution in [3.05, 3.63) is 50.6 Å². The van der Waals surface area contributed by atoms with Gasteiger partial charge in [0.05, 0.1) is 26.6 Å².